The summed E-state index contributed by atoms with van der Waals surface area (Å²) in [7, 11) is 0. The van der Waals surface area contributed by atoms with Crippen LogP contribution < -0.4 is 10.2 Å². The molecule has 0 spiro atoms. The SMILES string of the molecule is CCCOC(=O)c1cccc(N2C(=O)C(Cl)=C(Nc3ccc(C)cc3)C2=O)c1. The second-order valence-corrected chi connectivity index (χ2v) is 6.69. The Kier molecular flexibility index (Phi) is 5.80. The number of nitrogens with one attached hydrogen (secondary N) is 1. The Labute approximate surface area is 167 Å². The van der Waals surface area contributed by atoms with E-state index in [1.165, 1.54) is 6.07 Å². The first-order valence-electron chi connectivity index (χ1n) is 8.81. The topological polar surface area (TPSA) is 75.7 Å². The minimum atomic E-state index is -0.652. The maximum absolute atomic E-state index is 12.8. The smallest absolute Gasteiger partial charge is 0.338 e. The molecule has 144 valence electrons. The summed E-state index contributed by atoms with van der Waals surface area (Å²) in [5, 5.41) is 2.70. The van der Waals surface area contributed by atoms with Gasteiger partial charge in [-0.1, -0.05) is 42.3 Å². The van der Waals surface area contributed by atoms with E-state index in [1.807, 2.05) is 26.0 Å². The van der Waals surface area contributed by atoms with Gasteiger partial charge in [-0.25, -0.2) is 9.69 Å². The molecule has 6 nitrogen and oxygen atoms in total. The van der Waals surface area contributed by atoms with Crippen molar-refractivity contribution in [3.63, 3.8) is 0 Å². The summed E-state index contributed by atoms with van der Waals surface area (Å²) in [6.45, 7) is 4.13. The highest BCUT2D eigenvalue weighted by Crippen LogP contribution is 2.30. The van der Waals surface area contributed by atoms with E-state index in [-0.39, 0.29) is 22.0 Å². The molecule has 0 aromatic heterocycles. The first kappa shape index (κ1) is 19.6. The van der Waals surface area contributed by atoms with Gasteiger partial charge in [-0.3, -0.25) is 9.59 Å². The highest BCUT2D eigenvalue weighted by atomic mass is 35.5. The minimum absolute atomic E-state index is 0.00511. The van der Waals surface area contributed by atoms with Crippen molar-refractivity contribution in [2.45, 2.75) is 20.3 Å². The Balaban J connectivity index is 1.85. The number of rotatable bonds is 6. The second kappa shape index (κ2) is 8.27. The number of halogens is 1. The van der Waals surface area contributed by atoms with E-state index in [4.69, 9.17) is 16.3 Å². The highest BCUT2D eigenvalue weighted by Gasteiger charge is 2.39. The van der Waals surface area contributed by atoms with Crippen LogP contribution in [0, 0.1) is 6.92 Å². The molecule has 0 bridgehead atoms. The van der Waals surface area contributed by atoms with Crippen LogP contribution in [0.2, 0.25) is 0 Å². The number of imide groups is 1. The van der Waals surface area contributed by atoms with Crippen molar-refractivity contribution in [1.29, 1.82) is 0 Å². The number of hydrogen-bond acceptors (Lipinski definition) is 5. The molecule has 7 heteroatoms. The molecule has 0 unspecified atom stereocenters. The number of esters is 1. The molecular formula is C21H19ClN2O4. The maximum Gasteiger partial charge on any atom is 0.338 e. The number of amides is 2. The lowest BCUT2D eigenvalue weighted by Crippen LogP contribution is -2.32. The van der Waals surface area contributed by atoms with Crippen LogP contribution in [0.15, 0.2) is 59.3 Å². The number of benzene rings is 2. The van der Waals surface area contributed by atoms with Crippen molar-refractivity contribution < 1.29 is 19.1 Å². The minimum Gasteiger partial charge on any atom is -0.462 e. The fraction of sp³-hybridized carbons (Fsp3) is 0.190. The van der Waals surface area contributed by atoms with Crippen LogP contribution >= 0.6 is 11.6 Å². The van der Waals surface area contributed by atoms with Crippen LogP contribution in [0.5, 0.6) is 0 Å². The maximum atomic E-state index is 12.8. The normalized spacial score (nSPS) is 13.9. The van der Waals surface area contributed by atoms with Crippen molar-refractivity contribution in [3.05, 3.63) is 70.4 Å². The number of carbonyl (C=O) groups is 3. The monoisotopic (exact) mass is 398 g/mol. The third kappa shape index (κ3) is 3.92. The lowest BCUT2D eigenvalue weighted by Gasteiger charge is -2.16. The first-order valence-corrected chi connectivity index (χ1v) is 9.19. The Morgan fingerprint density at radius 2 is 1.82 bits per heavy atom. The van der Waals surface area contributed by atoms with Gasteiger partial charge in [0.05, 0.1) is 17.9 Å². The average Bonchev–Trinajstić information content (AvgIpc) is 2.91. The second-order valence-electron chi connectivity index (χ2n) is 6.31. The lowest BCUT2D eigenvalue weighted by molar-refractivity contribution is -0.120. The number of nitrogens with zero attached hydrogens (tertiary/aromatic N) is 1. The molecule has 1 heterocycles. The Morgan fingerprint density at radius 3 is 2.50 bits per heavy atom. The van der Waals surface area contributed by atoms with Crippen LogP contribution in [0.3, 0.4) is 0 Å². The third-order valence-corrected chi connectivity index (χ3v) is 4.48. The predicted octanol–water partition coefficient (Wildman–Crippen LogP) is 4.00. The van der Waals surface area contributed by atoms with Gasteiger partial charge in [0.2, 0.25) is 0 Å². The molecule has 2 aromatic rings. The van der Waals surface area contributed by atoms with E-state index in [0.717, 1.165) is 10.5 Å². The van der Waals surface area contributed by atoms with Crippen molar-refractivity contribution >= 4 is 40.8 Å². The molecule has 0 saturated heterocycles. The van der Waals surface area contributed by atoms with Crippen LogP contribution in [0.25, 0.3) is 0 Å². The lowest BCUT2D eigenvalue weighted by atomic mass is 10.2. The Morgan fingerprint density at radius 1 is 1.11 bits per heavy atom. The van der Waals surface area contributed by atoms with Gasteiger partial charge in [0.25, 0.3) is 11.8 Å². The van der Waals surface area contributed by atoms with E-state index < -0.39 is 17.8 Å². The molecule has 2 aromatic carbocycles. The largest absolute Gasteiger partial charge is 0.462 e. The summed E-state index contributed by atoms with van der Waals surface area (Å²) in [6.07, 6.45) is 0.697. The summed E-state index contributed by atoms with van der Waals surface area (Å²) >= 11 is 6.13. The molecule has 3 rings (SSSR count). The molecule has 2 amide bonds. The number of hydrogen-bond donors (Lipinski definition) is 1. The average molecular weight is 399 g/mol. The van der Waals surface area contributed by atoms with Gasteiger partial charge in [0.15, 0.2) is 0 Å². The van der Waals surface area contributed by atoms with E-state index in [0.29, 0.717) is 18.7 Å². The molecule has 28 heavy (non-hydrogen) atoms. The Hall–Kier alpha value is -3.12. The van der Waals surface area contributed by atoms with Crippen molar-refractivity contribution in [2.75, 3.05) is 16.8 Å². The fourth-order valence-corrected chi connectivity index (χ4v) is 2.89. The number of anilines is 2. The summed E-state index contributed by atoms with van der Waals surface area (Å²) in [4.78, 5) is 38.4. The fourth-order valence-electron chi connectivity index (χ4n) is 2.68. The predicted molar refractivity (Wildman–Crippen MR) is 107 cm³/mol. The van der Waals surface area contributed by atoms with Crippen molar-refractivity contribution in [3.8, 4) is 0 Å². The number of carbonyl (C=O) groups excluding carboxylic acids is 3. The molecule has 0 radical (unpaired) electrons. The van der Waals surface area contributed by atoms with Crippen molar-refractivity contribution in [2.24, 2.45) is 0 Å². The van der Waals surface area contributed by atoms with E-state index in [2.05, 4.69) is 5.32 Å². The zero-order valence-electron chi connectivity index (χ0n) is 15.5. The first-order chi connectivity index (χ1) is 13.4. The summed E-state index contributed by atoms with van der Waals surface area (Å²) in [5.74, 6) is -1.75. The van der Waals surface area contributed by atoms with Crippen LogP contribution in [-0.2, 0) is 14.3 Å². The van der Waals surface area contributed by atoms with Crippen molar-refractivity contribution in [1.82, 2.24) is 0 Å². The van der Waals surface area contributed by atoms with E-state index >= 15 is 0 Å². The molecule has 0 saturated carbocycles. The Bertz CT molecular complexity index is 967. The van der Waals surface area contributed by atoms with E-state index in [1.54, 1.807) is 30.3 Å². The highest BCUT2D eigenvalue weighted by molar-refractivity contribution is 6.53. The zero-order valence-corrected chi connectivity index (χ0v) is 16.2. The van der Waals surface area contributed by atoms with Gasteiger partial charge >= 0.3 is 5.97 Å². The molecule has 0 fully saturated rings. The number of ether oxygens (including phenoxy) is 1. The quantitative estimate of drug-likeness (QED) is 0.588. The van der Waals surface area contributed by atoms with Gasteiger partial charge in [0, 0.05) is 5.69 Å². The van der Waals surface area contributed by atoms with E-state index in [9.17, 15) is 14.4 Å². The number of aryl methyl sites for hydroxylation is 1. The summed E-state index contributed by atoms with van der Waals surface area (Å²) < 4.78 is 5.10. The zero-order chi connectivity index (χ0) is 20.3. The molecule has 1 aliphatic heterocycles. The third-order valence-electron chi connectivity index (χ3n) is 4.13. The van der Waals surface area contributed by atoms with Crippen LogP contribution in [0.1, 0.15) is 29.3 Å². The van der Waals surface area contributed by atoms with Gasteiger partial charge in [-0.2, -0.15) is 0 Å². The van der Waals surface area contributed by atoms with Gasteiger partial charge in [0.1, 0.15) is 10.7 Å². The van der Waals surface area contributed by atoms with Crippen LogP contribution in [-0.4, -0.2) is 24.4 Å². The van der Waals surface area contributed by atoms with Gasteiger partial charge in [-0.15, -0.1) is 0 Å². The van der Waals surface area contributed by atoms with Crippen LogP contribution in [0.4, 0.5) is 11.4 Å². The summed E-state index contributed by atoms with van der Waals surface area (Å²) in [5.41, 5.74) is 2.20. The van der Waals surface area contributed by atoms with Gasteiger partial charge in [-0.05, 0) is 43.7 Å². The molecule has 0 aliphatic carbocycles. The molecule has 1 aliphatic rings. The molecule has 0 atom stereocenters. The van der Waals surface area contributed by atoms with Gasteiger partial charge < -0.3 is 10.1 Å². The summed E-state index contributed by atoms with van der Waals surface area (Å²) in [6, 6.07) is 13.5. The molecule has 1 N–H and O–H groups in total. The molecular weight excluding hydrogens is 380 g/mol. The standard InChI is InChI=1S/C21H19ClN2O4/c1-3-11-28-21(27)14-5-4-6-16(12-14)24-19(25)17(22)18(20(24)26)23-15-9-7-13(2)8-10-15/h4-10,12,23H,3,11H2,1-2H3.